The molecule has 66 heavy (non-hydrogen) atoms. The van der Waals surface area contributed by atoms with Crippen LogP contribution in [-0.4, -0.2) is 18.8 Å². The second kappa shape index (κ2) is 13.7. The molecule has 0 radical (unpaired) electrons. The predicted octanol–water partition coefficient (Wildman–Crippen LogP) is 13.8. The van der Waals surface area contributed by atoms with Crippen molar-refractivity contribution in [3.8, 4) is 55.6 Å². The standard InChI is InChI=1S/C60H34N4O2/c65-59-47-29-27-41(43-23-13-25-45(53(43)47)57-61-55-49(37-19-9-3-10-20-37)31-39(33-51(55)63(57)59)35-15-5-1-6-16-35)42-28-30-48-54-44(42)24-14-26-46(54)58-62-56-50(38-21-11-4-12-22-38)32-40(36-17-7-2-8-18-36)34-52(56)64(58)60(48)66/h1-34H. The Balaban J connectivity index is 1.02. The molecule has 0 spiro atoms. The Morgan fingerprint density at radius 2 is 0.652 bits per heavy atom. The number of pyridine rings is 2. The van der Waals surface area contributed by atoms with Crippen molar-refractivity contribution in [3.63, 3.8) is 0 Å². The van der Waals surface area contributed by atoms with E-state index in [1.54, 1.807) is 8.80 Å². The lowest BCUT2D eigenvalue weighted by Gasteiger charge is -2.15. The Kier molecular flexibility index (Phi) is 7.60. The van der Waals surface area contributed by atoms with Crippen molar-refractivity contribution in [2.24, 2.45) is 0 Å². The molecule has 0 N–H and O–H groups in total. The first-order valence-electron chi connectivity index (χ1n) is 22.2. The maximum atomic E-state index is 15.0. The molecule has 0 unspecified atom stereocenters. The summed E-state index contributed by atoms with van der Waals surface area (Å²) in [4.78, 5) is 40.6. The second-order valence-electron chi connectivity index (χ2n) is 17.2. The third kappa shape index (κ3) is 5.12. The normalized spacial score (nSPS) is 12.1. The molecular formula is C60H34N4O2. The van der Waals surface area contributed by atoms with Gasteiger partial charge in [0.25, 0.3) is 11.1 Å². The number of imidazole rings is 2. The smallest absolute Gasteiger partial charge is 0.264 e. The zero-order valence-corrected chi connectivity index (χ0v) is 35.2. The van der Waals surface area contributed by atoms with E-state index < -0.39 is 0 Å². The minimum absolute atomic E-state index is 0.112. The van der Waals surface area contributed by atoms with Crippen molar-refractivity contribution >= 4 is 76.5 Å². The zero-order valence-electron chi connectivity index (χ0n) is 35.2. The molecule has 0 bridgehead atoms. The monoisotopic (exact) mass is 842 g/mol. The van der Waals surface area contributed by atoms with Crippen LogP contribution in [0.1, 0.15) is 0 Å². The van der Waals surface area contributed by atoms with Crippen LogP contribution < -0.4 is 11.1 Å². The molecular weight excluding hydrogens is 809 g/mol. The van der Waals surface area contributed by atoms with Crippen LogP contribution in [0.3, 0.4) is 0 Å². The fraction of sp³-hybridized carbons (Fsp3) is 0. The number of aromatic nitrogens is 4. The molecule has 0 fully saturated rings. The van der Waals surface area contributed by atoms with Gasteiger partial charge in [-0.1, -0.05) is 170 Å². The summed E-state index contributed by atoms with van der Waals surface area (Å²) in [5.41, 5.74) is 14.2. The van der Waals surface area contributed by atoms with E-state index in [2.05, 4.69) is 121 Å². The van der Waals surface area contributed by atoms with Gasteiger partial charge in [0.2, 0.25) is 0 Å². The van der Waals surface area contributed by atoms with E-state index in [1.807, 2.05) is 84.9 Å². The van der Waals surface area contributed by atoms with E-state index in [1.165, 1.54) is 0 Å². The van der Waals surface area contributed by atoms with Gasteiger partial charge in [-0.2, -0.15) is 0 Å². The number of hydrogen-bond acceptors (Lipinski definition) is 4. The van der Waals surface area contributed by atoms with Crippen LogP contribution in [0, 0.1) is 0 Å². The van der Waals surface area contributed by atoms with Gasteiger partial charge in [0.15, 0.2) is 0 Å². The average molecular weight is 843 g/mol. The van der Waals surface area contributed by atoms with Crippen LogP contribution in [0.5, 0.6) is 0 Å². The molecule has 0 aliphatic rings. The molecule has 0 amide bonds. The number of fused-ring (bicyclic) bond motifs is 8. The Hall–Kier alpha value is -9.00. The summed E-state index contributed by atoms with van der Waals surface area (Å²) in [5.74, 6) is 0. The lowest BCUT2D eigenvalue weighted by Crippen LogP contribution is -2.14. The number of rotatable bonds is 5. The van der Waals surface area contributed by atoms with Gasteiger partial charge in [-0.15, -0.1) is 0 Å². The highest BCUT2D eigenvalue weighted by atomic mass is 16.1. The van der Waals surface area contributed by atoms with Gasteiger partial charge in [-0.3, -0.25) is 18.4 Å². The van der Waals surface area contributed by atoms with Crippen molar-refractivity contribution in [2.45, 2.75) is 0 Å². The van der Waals surface area contributed by atoms with E-state index in [0.29, 0.717) is 22.1 Å². The molecule has 0 atom stereocenters. The second-order valence-corrected chi connectivity index (χ2v) is 17.2. The molecule has 306 valence electrons. The molecule has 4 heterocycles. The summed E-state index contributed by atoms with van der Waals surface area (Å²) in [6.07, 6.45) is 0. The van der Waals surface area contributed by atoms with E-state index in [9.17, 15) is 9.59 Å². The highest BCUT2D eigenvalue weighted by Gasteiger charge is 2.24. The quantitative estimate of drug-likeness (QED) is 0.173. The summed E-state index contributed by atoms with van der Waals surface area (Å²) in [5, 5.41) is 6.67. The molecule has 10 aromatic carbocycles. The largest absolute Gasteiger partial charge is 0.268 e. The first-order valence-corrected chi connectivity index (χ1v) is 22.2. The third-order valence-electron chi connectivity index (χ3n) is 13.6. The first-order chi connectivity index (χ1) is 32.6. The van der Waals surface area contributed by atoms with Crippen molar-refractivity contribution < 1.29 is 0 Å². The maximum absolute atomic E-state index is 15.0. The fourth-order valence-corrected chi connectivity index (χ4v) is 10.6. The molecule has 0 aliphatic carbocycles. The minimum Gasteiger partial charge on any atom is -0.268 e. The van der Waals surface area contributed by atoms with Crippen LogP contribution in [0.15, 0.2) is 216 Å². The molecule has 14 aromatic rings. The number of nitrogens with zero attached hydrogens (tertiary/aromatic N) is 4. The summed E-state index contributed by atoms with van der Waals surface area (Å²) in [6, 6.07) is 70.2. The Bertz CT molecular complexity index is 4130. The first kappa shape index (κ1) is 36.5. The Morgan fingerprint density at radius 3 is 1.05 bits per heavy atom. The van der Waals surface area contributed by atoms with Crippen LogP contribution >= 0.6 is 0 Å². The molecule has 4 aromatic heterocycles. The lowest BCUT2D eigenvalue weighted by molar-refractivity contribution is 1.19. The van der Waals surface area contributed by atoms with E-state index in [0.717, 1.165) is 110 Å². The van der Waals surface area contributed by atoms with Crippen LogP contribution in [0.25, 0.3) is 132 Å². The Labute approximate surface area is 376 Å². The summed E-state index contributed by atoms with van der Waals surface area (Å²) in [7, 11) is 0. The maximum Gasteiger partial charge on any atom is 0.264 e. The van der Waals surface area contributed by atoms with Crippen LogP contribution in [0.2, 0.25) is 0 Å². The van der Waals surface area contributed by atoms with Crippen molar-refractivity contribution in [3.05, 3.63) is 227 Å². The van der Waals surface area contributed by atoms with Gasteiger partial charge < -0.3 is 0 Å². The predicted molar refractivity (Wildman–Crippen MR) is 271 cm³/mol. The molecule has 6 nitrogen and oxygen atoms in total. The van der Waals surface area contributed by atoms with Crippen LogP contribution in [-0.2, 0) is 0 Å². The molecule has 6 heteroatoms. The molecule has 0 aliphatic heterocycles. The van der Waals surface area contributed by atoms with Crippen molar-refractivity contribution in [2.75, 3.05) is 0 Å². The zero-order chi connectivity index (χ0) is 43.6. The Morgan fingerprint density at radius 1 is 0.288 bits per heavy atom. The number of benzene rings is 10. The van der Waals surface area contributed by atoms with Gasteiger partial charge in [-0.05, 0) is 91.7 Å². The molecule has 0 saturated heterocycles. The number of hydrogen-bond donors (Lipinski definition) is 0. The van der Waals surface area contributed by atoms with Gasteiger partial charge in [-0.25, -0.2) is 9.97 Å². The van der Waals surface area contributed by atoms with E-state index >= 15 is 0 Å². The lowest BCUT2D eigenvalue weighted by atomic mass is 9.90. The van der Waals surface area contributed by atoms with E-state index in [4.69, 9.17) is 9.97 Å². The average Bonchev–Trinajstić information content (AvgIpc) is 3.98. The third-order valence-corrected chi connectivity index (χ3v) is 13.6. The molecule has 14 rings (SSSR count). The van der Waals surface area contributed by atoms with E-state index in [-0.39, 0.29) is 11.1 Å². The minimum atomic E-state index is -0.112. The van der Waals surface area contributed by atoms with Gasteiger partial charge in [0, 0.05) is 43.4 Å². The van der Waals surface area contributed by atoms with Crippen molar-refractivity contribution in [1.82, 2.24) is 18.8 Å². The summed E-state index contributed by atoms with van der Waals surface area (Å²) in [6.45, 7) is 0. The van der Waals surface area contributed by atoms with Crippen molar-refractivity contribution in [1.29, 1.82) is 0 Å². The topological polar surface area (TPSA) is 68.7 Å². The highest BCUT2D eigenvalue weighted by molar-refractivity contribution is 6.24. The van der Waals surface area contributed by atoms with Gasteiger partial charge in [0.05, 0.1) is 22.1 Å². The summed E-state index contributed by atoms with van der Waals surface area (Å²) >= 11 is 0. The highest BCUT2D eigenvalue weighted by Crippen LogP contribution is 2.43. The van der Waals surface area contributed by atoms with Gasteiger partial charge >= 0.3 is 0 Å². The molecule has 0 saturated carbocycles. The SMILES string of the molecule is O=c1c2ccc(-c3ccc4c(=O)n5c6cc(-c7ccccc7)cc(-c7ccccc7)c6nc5c5cccc3c45)c3cccc(c32)c2nc3c(-c4ccccc4)cc(-c4ccccc4)cc3n12. The van der Waals surface area contributed by atoms with Crippen LogP contribution in [0.4, 0.5) is 0 Å². The summed E-state index contributed by atoms with van der Waals surface area (Å²) < 4.78 is 3.61. The van der Waals surface area contributed by atoms with Gasteiger partial charge in [0.1, 0.15) is 11.3 Å². The fourth-order valence-electron chi connectivity index (χ4n) is 10.6.